The van der Waals surface area contributed by atoms with Gasteiger partial charge in [-0.3, -0.25) is 14.4 Å². The zero-order valence-electron chi connectivity index (χ0n) is 18.5. The van der Waals surface area contributed by atoms with Crippen molar-refractivity contribution in [1.82, 2.24) is 0 Å². The van der Waals surface area contributed by atoms with Gasteiger partial charge in [-0.15, -0.1) is 0 Å². The molecule has 0 aliphatic heterocycles. The molecule has 0 bridgehead atoms. The Morgan fingerprint density at radius 1 is 0.545 bits per heavy atom. The number of carbonyl (C=O) groups is 3. The van der Waals surface area contributed by atoms with Crippen LogP contribution in [0.15, 0.2) is 127 Å². The van der Waals surface area contributed by atoms with Gasteiger partial charge in [0.05, 0.1) is 0 Å². The summed E-state index contributed by atoms with van der Waals surface area (Å²) in [5, 5.41) is 0. The van der Waals surface area contributed by atoms with E-state index in [9.17, 15) is 14.4 Å². The maximum Gasteiger partial charge on any atom is 0.185 e. The third kappa shape index (κ3) is 9.99. The van der Waals surface area contributed by atoms with E-state index in [2.05, 4.69) is 0 Å². The molecule has 0 unspecified atom stereocenters. The summed E-state index contributed by atoms with van der Waals surface area (Å²) in [6, 6.07) is 37.4. The summed E-state index contributed by atoms with van der Waals surface area (Å²) in [4.78, 5) is 32.4. The van der Waals surface area contributed by atoms with Gasteiger partial charge in [0.1, 0.15) is 6.29 Å². The minimum atomic E-state index is 0.0319. The largest absolute Gasteiger partial charge is 0.298 e. The van der Waals surface area contributed by atoms with Crippen LogP contribution in [-0.2, 0) is 0 Å². The molecule has 164 valence electrons. The zero-order valence-corrected chi connectivity index (χ0v) is 18.5. The second-order valence-corrected chi connectivity index (χ2v) is 6.93. The second-order valence-electron chi connectivity index (χ2n) is 6.93. The van der Waals surface area contributed by atoms with Crippen LogP contribution in [-0.4, -0.2) is 17.9 Å². The number of benzene rings is 4. The van der Waals surface area contributed by atoms with Crippen molar-refractivity contribution in [3.63, 3.8) is 0 Å². The van der Waals surface area contributed by atoms with Crippen molar-refractivity contribution in [1.29, 1.82) is 0 Å². The Morgan fingerprint density at radius 2 is 0.939 bits per heavy atom. The van der Waals surface area contributed by atoms with E-state index in [4.69, 9.17) is 0 Å². The van der Waals surface area contributed by atoms with Crippen LogP contribution in [0.3, 0.4) is 0 Å². The van der Waals surface area contributed by atoms with Gasteiger partial charge in [-0.25, -0.2) is 0 Å². The van der Waals surface area contributed by atoms with Crippen LogP contribution < -0.4 is 0 Å². The Hall–Kier alpha value is -4.37. The third-order valence-corrected chi connectivity index (χ3v) is 4.40. The van der Waals surface area contributed by atoms with Crippen LogP contribution in [0.2, 0.25) is 0 Å². The lowest BCUT2D eigenvalue weighted by molar-refractivity contribution is 0.101. The molecule has 3 nitrogen and oxygen atoms in total. The van der Waals surface area contributed by atoms with E-state index in [-0.39, 0.29) is 11.6 Å². The summed E-state index contributed by atoms with van der Waals surface area (Å²) >= 11 is 0. The fraction of sp³-hybridized carbons (Fsp3) is 0.0333. The highest BCUT2D eigenvalue weighted by Crippen LogP contribution is 2.05. The minimum absolute atomic E-state index is 0.0319. The van der Waals surface area contributed by atoms with Crippen LogP contribution in [0.25, 0.3) is 6.08 Å². The first-order valence-electron chi connectivity index (χ1n) is 10.5. The normalized spacial score (nSPS) is 9.61. The number of hydrogen-bond acceptors (Lipinski definition) is 3. The van der Waals surface area contributed by atoms with E-state index in [1.807, 2.05) is 115 Å². The maximum atomic E-state index is 11.7. The van der Waals surface area contributed by atoms with Gasteiger partial charge in [0.15, 0.2) is 11.6 Å². The number of allylic oxidation sites excluding steroid dienone is 1. The van der Waals surface area contributed by atoms with E-state index >= 15 is 0 Å². The maximum absolute atomic E-state index is 11.7. The average Bonchev–Trinajstić information content (AvgIpc) is 2.90. The monoisotopic (exact) mass is 434 g/mol. The van der Waals surface area contributed by atoms with Gasteiger partial charge >= 0.3 is 0 Å². The number of ketones is 2. The SMILES string of the molecule is CC(=O)c1ccccc1.O=C(/C=C/c1ccccc1)c1ccccc1.O=Cc1ccccc1. The van der Waals surface area contributed by atoms with Crippen LogP contribution in [0.1, 0.15) is 43.6 Å². The first kappa shape index (κ1) is 24.9. The number of Topliss-reactive ketones (excluding diaryl/α,β-unsaturated/α-hetero) is 1. The van der Waals surface area contributed by atoms with Gasteiger partial charge < -0.3 is 0 Å². The average molecular weight is 435 g/mol. The molecule has 0 heterocycles. The van der Waals surface area contributed by atoms with Crippen LogP contribution in [0.5, 0.6) is 0 Å². The van der Waals surface area contributed by atoms with Crippen molar-refractivity contribution in [2.45, 2.75) is 6.92 Å². The summed E-state index contributed by atoms with van der Waals surface area (Å²) < 4.78 is 0. The van der Waals surface area contributed by atoms with Gasteiger partial charge in [0, 0.05) is 16.7 Å². The summed E-state index contributed by atoms with van der Waals surface area (Å²) in [5.41, 5.74) is 3.26. The van der Waals surface area contributed by atoms with Gasteiger partial charge in [0.25, 0.3) is 0 Å². The summed E-state index contributed by atoms with van der Waals surface area (Å²) in [6.07, 6.45) is 4.26. The number of carbonyl (C=O) groups excluding carboxylic acids is 3. The molecule has 0 aliphatic rings. The number of aldehydes is 1. The highest BCUT2D eigenvalue weighted by Gasteiger charge is 1.98. The Labute approximate surface area is 195 Å². The smallest absolute Gasteiger partial charge is 0.185 e. The summed E-state index contributed by atoms with van der Waals surface area (Å²) in [5.74, 6) is 0.153. The molecule has 0 fully saturated rings. The molecule has 3 heteroatoms. The standard InChI is InChI=1S/C15H12O.C8H8O.C7H6O/c16-15(14-9-5-2-6-10-14)12-11-13-7-3-1-4-8-13;1-7(9)8-5-3-2-4-6-8;8-6-7-4-2-1-3-5-7/h1-12H;2-6H,1H3;1-6H/b12-11+;;. The van der Waals surface area contributed by atoms with Crippen LogP contribution in [0.4, 0.5) is 0 Å². The fourth-order valence-corrected chi connectivity index (χ4v) is 2.64. The predicted molar refractivity (Wildman–Crippen MR) is 135 cm³/mol. The minimum Gasteiger partial charge on any atom is -0.298 e. The molecule has 4 aromatic rings. The first-order valence-corrected chi connectivity index (χ1v) is 10.5. The highest BCUT2D eigenvalue weighted by atomic mass is 16.1. The molecule has 4 rings (SSSR count). The topological polar surface area (TPSA) is 51.2 Å². The first-order chi connectivity index (χ1) is 16.1. The summed E-state index contributed by atoms with van der Waals surface area (Å²) in [6.45, 7) is 1.56. The lowest BCUT2D eigenvalue weighted by Gasteiger charge is -1.94. The van der Waals surface area contributed by atoms with Crippen LogP contribution >= 0.6 is 0 Å². The van der Waals surface area contributed by atoms with Crippen molar-refractivity contribution in [2.24, 2.45) is 0 Å². The zero-order chi connectivity index (χ0) is 23.7. The van der Waals surface area contributed by atoms with Gasteiger partial charge in [-0.1, -0.05) is 127 Å². The molecule has 0 saturated carbocycles. The number of hydrogen-bond donors (Lipinski definition) is 0. The van der Waals surface area contributed by atoms with Crippen molar-refractivity contribution >= 4 is 23.9 Å². The second kappa shape index (κ2) is 14.6. The van der Waals surface area contributed by atoms with Crippen LogP contribution in [0, 0.1) is 0 Å². The molecule has 4 aromatic carbocycles. The van der Waals surface area contributed by atoms with E-state index in [1.54, 1.807) is 25.1 Å². The lowest BCUT2D eigenvalue weighted by Crippen LogP contribution is -1.92. The quantitative estimate of drug-likeness (QED) is 0.194. The number of rotatable bonds is 5. The lowest BCUT2D eigenvalue weighted by atomic mass is 10.1. The van der Waals surface area contributed by atoms with Crippen molar-refractivity contribution in [3.8, 4) is 0 Å². The van der Waals surface area contributed by atoms with Gasteiger partial charge in [-0.05, 0) is 18.6 Å². The van der Waals surface area contributed by atoms with E-state index in [0.717, 1.165) is 28.5 Å². The molecule has 0 atom stereocenters. The molecule has 0 aromatic heterocycles. The van der Waals surface area contributed by atoms with E-state index in [0.29, 0.717) is 0 Å². The molecule has 0 amide bonds. The van der Waals surface area contributed by atoms with Crippen molar-refractivity contribution < 1.29 is 14.4 Å². The predicted octanol–water partition coefficient (Wildman–Crippen LogP) is 6.97. The van der Waals surface area contributed by atoms with Crippen molar-refractivity contribution in [3.05, 3.63) is 150 Å². The molecule has 0 N–H and O–H groups in total. The Kier molecular flexibility index (Phi) is 11.0. The Morgan fingerprint density at radius 3 is 1.30 bits per heavy atom. The molecule has 0 radical (unpaired) electrons. The molecular weight excluding hydrogens is 408 g/mol. The molecule has 33 heavy (non-hydrogen) atoms. The molecule has 0 spiro atoms. The van der Waals surface area contributed by atoms with E-state index < -0.39 is 0 Å². The van der Waals surface area contributed by atoms with Crippen molar-refractivity contribution in [2.75, 3.05) is 0 Å². The fourth-order valence-electron chi connectivity index (χ4n) is 2.64. The molecular formula is C30H26O3. The molecule has 0 aliphatic carbocycles. The van der Waals surface area contributed by atoms with Gasteiger partial charge in [0.2, 0.25) is 0 Å². The Bertz CT molecular complexity index is 1130. The van der Waals surface area contributed by atoms with Gasteiger partial charge in [-0.2, -0.15) is 0 Å². The highest BCUT2D eigenvalue weighted by molar-refractivity contribution is 6.06. The Balaban J connectivity index is 0.000000192. The van der Waals surface area contributed by atoms with E-state index in [1.165, 1.54) is 0 Å². The third-order valence-electron chi connectivity index (χ3n) is 4.40. The summed E-state index contributed by atoms with van der Waals surface area (Å²) in [7, 11) is 0. The molecule has 0 saturated heterocycles.